The molecule has 0 radical (unpaired) electrons. The van der Waals surface area contributed by atoms with Gasteiger partial charge in [0.2, 0.25) is 6.10 Å². The van der Waals surface area contributed by atoms with E-state index in [9.17, 15) is 9.59 Å². The molecule has 3 aromatic carbocycles. The summed E-state index contributed by atoms with van der Waals surface area (Å²) in [5.74, 6) is 0.504. The molecule has 6 nitrogen and oxygen atoms in total. The number of carbonyl (C=O) groups excluding carboxylic acids is 2. The summed E-state index contributed by atoms with van der Waals surface area (Å²) in [6.07, 6.45) is -0.741. The normalized spacial score (nSPS) is 17.6. The highest BCUT2D eigenvalue weighted by molar-refractivity contribution is 6.30. The van der Waals surface area contributed by atoms with Crippen molar-refractivity contribution < 1.29 is 23.8 Å². The van der Waals surface area contributed by atoms with Gasteiger partial charge in [0.1, 0.15) is 17.5 Å². The molecule has 1 heterocycles. The fraction of sp³-hybridized carbons (Fsp3) is 0.167. The lowest BCUT2D eigenvalue weighted by molar-refractivity contribution is -0.135. The lowest BCUT2D eigenvalue weighted by atomic mass is 9.89. The van der Waals surface area contributed by atoms with Gasteiger partial charge >= 0.3 is 5.97 Å². The van der Waals surface area contributed by atoms with E-state index in [1.165, 1.54) is 7.11 Å². The van der Waals surface area contributed by atoms with Crippen LogP contribution in [-0.4, -0.2) is 32.2 Å². The predicted octanol–water partition coefficient (Wildman–Crippen LogP) is 4.67. The molecule has 1 aliphatic rings. The molecule has 0 N–H and O–H groups in total. The molecule has 0 bridgehead atoms. The molecular weight excluding hydrogens is 418 g/mol. The van der Waals surface area contributed by atoms with Gasteiger partial charge in [0, 0.05) is 5.02 Å². The average Bonchev–Trinajstić information content (AvgIpc) is 2.81. The van der Waals surface area contributed by atoms with Crippen LogP contribution in [0.2, 0.25) is 5.02 Å². The third kappa shape index (κ3) is 3.94. The number of esters is 1. The summed E-state index contributed by atoms with van der Waals surface area (Å²) in [6, 6.07) is 20.7. The summed E-state index contributed by atoms with van der Waals surface area (Å²) in [7, 11) is 2.89. The molecular formula is C24H20ClNO5. The number of amides is 1. The molecule has 1 aliphatic heterocycles. The van der Waals surface area contributed by atoms with E-state index in [1.54, 1.807) is 66.6 Å². The Morgan fingerprint density at radius 1 is 0.935 bits per heavy atom. The predicted molar refractivity (Wildman–Crippen MR) is 117 cm³/mol. The van der Waals surface area contributed by atoms with E-state index in [0.29, 0.717) is 27.8 Å². The van der Waals surface area contributed by atoms with Crippen molar-refractivity contribution in [1.82, 2.24) is 0 Å². The van der Waals surface area contributed by atoms with Crippen LogP contribution in [0.15, 0.2) is 72.8 Å². The van der Waals surface area contributed by atoms with E-state index in [0.717, 1.165) is 5.56 Å². The molecule has 1 amide bonds. The second-order valence-electron chi connectivity index (χ2n) is 6.93. The molecule has 2 unspecified atom stereocenters. The number of carbonyl (C=O) groups is 2. The van der Waals surface area contributed by atoms with E-state index in [1.807, 2.05) is 18.2 Å². The van der Waals surface area contributed by atoms with Gasteiger partial charge in [-0.15, -0.1) is 0 Å². The minimum Gasteiger partial charge on any atom is -0.495 e. The van der Waals surface area contributed by atoms with Crippen LogP contribution < -0.4 is 14.4 Å². The fourth-order valence-electron chi connectivity index (χ4n) is 3.59. The maximum atomic E-state index is 13.2. The smallest absolute Gasteiger partial charge is 0.337 e. The maximum absolute atomic E-state index is 13.2. The van der Waals surface area contributed by atoms with Gasteiger partial charge in [0.15, 0.2) is 0 Å². The first-order valence-electron chi connectivity index (χ1n) is 9.60. The van der Waals surface area contributed by atoms with Crippen molar-refractivity contribution in [1.29, 1.82) is 0 Å². The van der Waals surface area contributed by atoms with E-state index in [2.05, 4.69) is 0 Å². The van der Waals surface area contributed by atoms with Crippen molar-refractivity contribution in [3.63, 3.8) is 0 Å². The summed E-state index contributed by atoms with van der Waals surface area (Å²) in [5, 5.41) is 0.581. The molecule has 3 aromatic rings. The molecule has 7 heteroatoms. The summed E-state index contributed by atoms with van der Waals surface area (Å²) in [6.45, 7) is 0. The molecule has 1 saturated heterocycles. The molecule has 2 atom stereocenters. The van der Waals surface area contributed by atoms with E-state index >= 15 is 0 Å². The van der Waals surface area contributed by atoms with Crippen LogP contribution in [0.5, 0.6) is 11.5 Å². The topological polar surface area (TPSA) is 65.1 Å². The highest BCUT2D eigenvalue weighted by Crippen LogP contribution is 2.44. The van der Waals surface area contributed by atoms with E-state index in [4.69, 9.17) is 25.8 Å². The second kappa shape index (κ2) is 8.70. The fourth-order valence-corrected chi connectivity index (χ4v) is 3.72. The first-order chi connectivity index (χ1) is 15.0. The quantitative estimate of drug-likeness (QED) is 0.414. The Balaban J connectivity index is 1.70. The molecule has 158 valence electrons. The van der Waals surface area contributed by atoms with Crippen molar-refractivity contribution in [2.45, 2.75) is 12.1 Å². The van der Waals surface area contributed by atoms with Crippen molar-refractivity contribution in [2.24, 2.45) is 0 Å². The SMILES string of the molecule is COC(=O)c1ccc(C2C(Oc3ccc(Cl)cc3)C(=O)N2c2ccccc2OC)cc1. The van der Waals surface area contributed by atoms with Crippen molar-refractivity contribution in [2.75, 3.05) is 19.1 Å². The number of ether oxygens (including phenoxy) is 3. The molecule has 31 heavy (non-hydrogen) atoms. The third-order valence-corrected chi connectivity index (χ3v) is 5.39. The minimum absolute atomic E-state index is 0.193. The third-order valence-electron chi connectivity index (χ3n) is 5.14. The van der Waals surface area contributed by atoms with Crippen LogP contribution in [0.25, 0.3) is 0 Å². The molecule has 0 aliphatic carbocycles. The maximum Gasteiger partial charge on any atom is 0.337 e. The highest BCUT2D eigenvalue weighted by Gasteiger charge is 2.51. The van der Waals surface area contributed by atoms with Crippen molar-refractivity contribution in [3.05, 3.63) is 88.9 Å². The van der Waals surface area contributed by atoms with Crippen LogP contribution in [0.4, 0.5) is 5.69 Å². The summed E-state index contributed by atoms with van der Waals surface area (Å²) < 4.78 is 16.3. The lowest BCUT2D eigenvalue weighted by Gasteiger charge is -2.47. The zero-order chi connectivity index (χ0) is 22.0. The Labute approximate surface area is 184 Å². The van der Waals surface area contributed by atoms with Crippen LogP contribution in [0, 0.1) is 0 Å². The van der Waals surface area contributed by atoms with Crippen LogP contribution >= 0.6 is 11.6 Å². The minimum atomic E-state index is -0.741. The van der Waals surface area contributed by atoms with Crippen LogP contribution in [0.1, 0.15) is 22.0 Å². The van der Waals surface area contributed by atoms with Gasteiger partial charge in [0.05, 0.1) is 25.5 Å². The number of anilines is 1. The number of methoxy groups -OCH3 is 2. The molecule has 1 fully saturated rings. The number of hydrogen-bond acceptors (Lipinski definition) is 5. The summed E-state index contributed by atoms with van der Waals surface area (Å²) in [4.78, 5) is 26.6. The monoisotopic (exact) mass is 437 g/mol. The van der Waals surface area contributed by atoms with Crippen LogP contribution in [-0.2, 0) is 9.53 Å². The van der Waals surface area contributed by atoms with Gasteiger partial charge in [-0.3, -0.25) is 9.69 Å². The van der Waals surface area contributed by atoms with E-state index < -0.39 is 18.1 Å². The van der Waals surface area contributed by atoms with Crippen LogP contribution in [0.3, 0.4) is 0 Å². The summed E-state index contributed by atoms with van der Waals surface area (Å²) >= 11 is 5.96. The van der Waals surface area contributed by atoms with Gasteiger partial charge in [0.25, 0.3) is 5.91 Å². The Morgan fingerprint density at radius 2 is 1.61 bits per heavy atom. The van der Waals surface area contributed by atoms with Gasteiger partial charge < -0.3 is 14.2 Å². The number of halogens is 1. The van der Waals surface area contributed by atoms with Crippen molar-refractivity contribution in [3.8, 4) is 11.5 Å². The number of nitrogens with zero attached hydrogens (tertiary/aromatic N) is 1. The largest absolute Gasteiger partial charge is 0.495 e. The lowest BCUT2D eigenvalue weighted by Crippen LogP contribution is -2.61. The number of β-lactam (4-membered cyclic amide) rings is 1. The number of rotatable bonds is 6. The number of benzene rings is 3. The van der Waals surface area contributed by atoms with Crippen molar-refractivity contribution >= 4 is 29.2 Å². The number of hydrogen-bond donors (Lipinski definition) is 0. The Hall–Kier alpha value is -3.51. The average molecular weight is 438 g/mol. The zero-order valence-corrected chi connectivity index (χ0v) is 17.7. The van der Waals surface area contributed by atoms with Gasteiger partial charge in [-0.05, 0) is 54.1 Å². The first kappa shape index (κ1) is 20.8. The standard InChI is InChI=1S/C24H20ClNO5/c1-29-20-6-4-3-5-19(20)26-21(15-7-9-16(10-8-15)24(28)30-2)22(23(26)27)31-18-13-11-17(25)12-14-18/h3-14,21-22H,1-2H3. The molecule has 4 rings (SSSR count). The highest BCUT2D eigenvalue weighted by atomic mass is 35.5. The Kier molecular flexibility index (Phi) is 5.82. The van der Waals surface area contributed by atoms with Gasteiger partial charge in [-0.2, -0.15) is 0 Å². The van der Waals surface area contributed by atoms with Gasteiger partial charge in [-0.1, -0.05) is 35.9 Å². The number of para-hydroxylation sites is 2. The second-order valence-corrected chi connectivity index (χ2v) is 7.37. The molecule has 0 saturated carbocycles. The zero-order valence-electron chi connectivity index (χ0n) is 16.9. The Bertz CT molecular complexity index is 1100. The van der Waals surface area contributed by atoms with E-state index in [-0.39, 0.29) is 5.91 Å². The first-order valence-corrected chi connectivity index (χ1v) is 9.98. The van der Waals surface area contributed by atoms with Gasteiger partial charge in [-0.25, -0.2) is 4.79 Å². The Morgan fingerprint density at radius 3 is 2.26 bits per heavy atom. The summed E-state index contributed by atoms with van der Waals surface area (Å²) in [5.41, 5.74) is 1.89. The molecule has 0 aromatic heterocycles. The molecule has 0 spiro atoms.